The van der Waals surface area contributed by atoms with Crippen molar-refractivity contribution in [2.45, 2.75) is 25.8 Å². The molecular weight excluding hydrogens is 346 g/mol. The Morgan fingerprint density at radius 2 is 2.31 bits per heavy atom. The van der Waals surface area contributed by atoms with Gasteiger partial charge in [0.05, 0.1) is 11.9 Å². The molecule has 1 atom stereocenters. The van der Waals surface area contributed by atoms with Gasteiger partial charge in [-0.15, -0.1) is 11.3 Å². The second kappa shape index (κ2) is 7.21. The van der Waals surface area contributed by atoms with Crippen molar-refractivity contribution in [1.29, 1.82) is 0 Å². The number of benzene rings is 1. The quantitative estimate of drug-likeness (QED) is 0.726. The molecule has 0 saturated heterocycles. The highest BCUT2D eigenvalue weighted by molar-refractivity contribution is 7.13. The summed E-state index contributed by atoms with van der Waals surface area (Å²) in [5.41, 5.74) is 5.21. The minimum atomic E-state index is -0.197. The number of amides is 1. The SMILES string of the molecule is Cc1ccc2c(c1)CC(C(=O)NCCc1csc(-c3cnccn3)n1)N2. The Kier molecular flexibility index (Phi) is 4.62. The number of fused-ring (bicyclic) bond motifs is 1. The van der Waals surface area contributed by atoms with Crippen LogP contribution in [-0.2, 0) is 17.6 Å². The molecular formula is C19H19N5OS. The van der Waals surface area contributed by atoms with E-state index in [9.17, 15) is 4.79 Å². The summed E-state index contributed by atoms with van der Waals surface area (Å²) in [7, 11) is 0. The molecule has 1 aromatic carbocycles. The average Bonchev–Trinajstić information content (AvgIpc) is 3.29. The molecule has 0 spiro atoms. The topological polar surface area (TPSA) is 79.8 Å². The van der Waals surface area contributed by atoms with Crippen LogP contribution in [0.25, 0.3) is 10.7 Å². The van der Waals surface area contributed by atoms with Crippen LogP contribution in [0.2, 0.25) is 0 Å². The second-order valence-electron chi connectivity index (χ2n) is 6.34. The fourth-order valence-electron chi connectivity index (χ4n) is 3.04. The smallest absolute Gasteiger partial charge is 0.242 e. The van der Waals surface area contributed by atoms with Crippen molar-refractivity contribution in [3.05, 3.63) is 59.0 Å². The van der Waals surface area contributed by atoms with E-state index < -0.39 is 0 Å². The van der Waals surface area contributed by atoms with Gasteiger partial charge < -0.3 is 10.6 Å². The first-order chi connectivity index (χ1) is 12.7. The largest absolute Gasteiger partial charge is 0.373 e. The second-order valence-corrected chi connectivity index (χ2v) is 7.20. The van der Waals surface area contributed by atoms with Crippen LogP contribution in [0.15, 0.2) is 42.2 Å². The van der Waals surface area contributed by atoms with Crippen molar-refractivity contribution in [3.63, 3.8) is 0 Å². The van der Waals surface area contributed by atoms with Crippen molar-refractivity contribution in [1.82, 2.24) is 20.3 Å². The molecule has 1 amide bonds. The molecule has 4 rings (SSSR count). The highest BCUT2D eigenvalue weighted by Gasteiger charge is 2.26. The molecule has 6 nitrogen and oxygen atoms in total. The van der Waals surface area contributed by atoms with Crippen molar-refractivity contribution >= 4 is 22.9 Å². The molecule has 2 aromatic heterocycles. The van der Waals surface area contributed by atoms with E-state index in [0.29, 0.717) is 13.0 Å². The first-order valence-electron chi connectivity index (χ1n) is 8.53. The number of nitrogens with zero attached hydrogens (tertiary/aromatic N) is 3. The van der Waals surface area contributed by atoms with Crippen LogP contribution in [0.1, 0.15) is 16.8 Å². The molecule has 0 saturated carbocycles. The van der Waals surface area contributed by atoms with Gasteiger partial charge in [0.2, 0.25) is 5.91 Å². The van der Waals surface area contributed by atoms with Crippen molar-refractivity contribution in [2.75, 3.05) is 11.9 Å². The number of anilines is 1. The lowest BCUT2D eigenvalue weighted by Crippen LogP contribution is -2.39. The third-order valence-electron chi connectivity index (χ3n) is 4.35. The maximum Gasteiger partial charge on any atom is 0.242 e. The molecule has 0 radical (unpaired) electrons. The fourth-order valence-corrected chi connectivity index (χ4v) is 3.85. The van der Waals surface area contributed by atoms with Gasteiger partial charge in [0.15, 0.2) is 0 Å². The normalized spacial score (nSPS) is 15.3. The van der Waals surface area contributed by atoms with Crippen molar-refractivity contribution in [2.24, 2.45) is 0 Å². The lowest BCUT2D eigenvalue weighted by molar-refractivity contribution is -0.121. The summed E-state index contributed by atoms with van der Waals surface area (Å²) >= 11 is 1.54. The average molecular weight is 365 g/mol. The summed E-state index contributed by atoms with van der Waals surface area (Å²) in [6.45, 7) is 2.63. The molecule has 2 N–H and O–H groups in total. The molecule has 0 bridgehead atoms. The third-order valence-corrected chi connectivity index (χ3v) is 5.26. The molecule has 1 aliphatic rings. The van der Waals surface area contributed by atoms with E-state index in [1.165, 1.54) is 11.1 Å². The molecule has 3 aromatic rings. The number of hydrogen-bond donors (Lipinski definition) is 2. The van der Waals surface area contributed by atoms with E-state index in [1.54, 1.807) is 29.9 Å². The van der Waals surface area contributed by atoms with Gasteiger partial charge in [0.1, 0.15) is 16.7 Å². The molecule has 132 valence electrons. The third kappa shape index (κ3) is 3.57. The summed E-state index contributed by atoms with van der Waals surface area (Å²) < 4.78 is 0. The Labute approximate surface area is 155 Å². The Balaban J connectivity index is 1.29. The first kappa shape index (κ1) is 16.7. The van der Waals surface area contributed by atoms with E-state index in [4.69, 9.17) is 0 Å². The van der Waals surface area contributed by atoms with E-state index >= 15 is 0 Å². The van der Waals surface area contributed by atoms with Crippen molar-refractivity contribution in [3.8, 4) is 10.7 Å². The Bertz CT molecular complexity index is 925. The maximum atomic E-state index is 12.4. The number of aromatic nitrogens is 3. The molecule has 7 heteroatoms. The molecule has 1 aliphatic heterocycles. The predicted molar refractivity (Wildman–Crippen MR) is 102 cm³/mol. The number of thiazole rings is 1. The van der Waals surface area contributed by atoms with Gasteiger partial charge in [-0.3, -0.25) is 14.8 Å². The minimum absolute atomic E-state index is 0.0308. The van der Waals surface area contributed by atoms with Gasteiger partial charge in [0.25, 0.3) is 0 Å². The summed E-state index contributed by atoms with van der Waals surface area (Å²) in [5.74, 6) is 0.0308. The number of carbonyl (C=O) groups is 1. The van der Waals surface area contributed by atoms with Crippen LogP contribution < -0.4 is 10.6 Å². The van der Waals surface area contributed by atoms with E-state index in [-0.39, 0.29) is 11.9 Å². The van der Waals surface area contributed by atoms with Crippen LogP contribution in [-0.4, -0.2) is 33.4 Å². The zero-order valence-corrected chi connectivity index (χ0v) is 15.2. The molecule has 26 heavy (non-hydrogen) atoms. The van der Waals surface area contributed by atoms with Crippen molar-refractivity contribution < 1.29 is 4.79 Å². The number of aryl methyl sites for hydroxylation is 1. The Morgan fingerprint density at radius 3 is 3.15 bits per heavy atom. The van der Waals surface area contributed by atoms with Gasteiger partial charge in [-0.25, -0.2) is 4.98 Å². The number of nitrogens with one attached hydrogen (secondary N) is 2. The highest BCUT2D eigenvalue weighted by atomic mass is 32.1. The summed E-state index contributed by atoms with van der Waals surface area (Å²) in [5, 5.41) is 9.15. The molecule has 0 aliphatic carbocycles. The first-order valence-corrected chi connectivity index (χ1v) is 9.41. The molecule has 0 fully saturated rings. The van der Waals surface area contributed by atoms with Gasteiger partial charge in [-0.05, 0) is 18.6 Å². The number of rotatable bonds is 5. The fraction of sp³-hybridized carbons (Fsp3) is 0.263. The predicted octanol–water partition coefficient (Wildman–Crippen LogP) is 2.60. The zero-order valence-electron chi connectivity index (χ0n) is 14.4. The monoisotopic (exact) mass is 365 g/mol. The standard InChI is InChI=1S/C19H19N5OS/c1-12-2-3-15-13(8-12)9-16(24-15)18(25)22-5-4-14-11-26-19(23-14)17-10-20-6-7-21-17/h2-3,6-8,10-11,16,24H,4-5,9H2,1H3,(H,22,25). The maximum absolute atomic E-state index is 12.4. The lowest BCUT2D eigenvalue weighted by Gasteiger charge is -2.11. The number of hydrogen-bond acceptors (Lipinski definition) is 6. The Morgan fingerprint density at radius 1 is 1.38 bits per heavy atom. The zero-order chi connectivity index (χ0) is 17.9. The Hall–Kier alpha value is -2.80. The van der Waals surface area contributed by atoms with Crippen LogP contribution >= 0.6 is 11.3 Å². The summed E-state index contributed by atoms with van der Waals surface area (Å²) in [6.07, 6.45) is 6.43. The molecule has 1 unspecified atom stereocenters. The van der Waals surface area contributed by atoms with Gasteiger partial charge in [-0.2, -0.15) is 0 Å². The van der Waals surface area contributed by atoms with Gasteiger partial charge in [0, 0.05) is 42.8 Å². The van der Waals surface area contributed by atoms with Crippen LogP contribution in [0, 0.1) is 6.92 Å². The van der Waals surface area contributed by atoms with E-state index in [1.807, 2.05) is 11.4 Å². The summed E-state index contributed by atoms with van der Waals surface area (Å²) in [4.78, 5) is 25.3. The van der Waals surface area contributed by atoms with Crippen LogP contribution in [0.4, 0.5) is 5.69 Å². The molecule has 3 heterocycles. The number of carbonyl (C=O) groups excluding carboxylic acids is 1. The highest BCUT2D eigenvalue weighted by Crippen LogP contribution is 2.26. The summed E-state index contributed by atoms with van der Waals surface area (Å²) in [6, 6.07) is 6.04. The van der Waals surface area contributed by atoms with Gasteiger partial charge in [-0.1, -0.05) is 17.7 Å². The van der Waals surface area contributed by atoms with Crippen LogP contribution in [0.3, 0.4) is 0 Å². The van der Waals surface area contributed by atoms with Gasteiger partial charge >= 0.3 is 0 Å². The van der Waals surface area contributed by atoms with Crippen LogP contribution in [0.5, 0.6) is 0 Å². The van der Waals surface area contributed by atoms with E-state index in [0.717, 1.165) is 28.5 Å². The minimum Gasteiger partial charge on any atom is -0.373 e. The lowest BCUT2D eigenvalue weighted by atomic mass is 10.1. The van der Waals surface area contributed by atoms with E-state index in [2.05, 4.69) is 44.6 Å².